The molecule has 0 radical (unpaired) electrons. The number of nitrogens with zero attached hydrogens (tertiary/aromatic N) is 3. The van der Waals surface area contributed by atoms with Crippen LogP contribution < -0.4 is 10.2 Å². The summed E-state index contributed by atoms with van der Waals surface area (Å²) in [5.41, 5.74) is 4.21. The van der Waals surface area contributed by atoms with Gasteiger partial charge in [-0.2, -0.15) is 0 Å². The smallest absolute Gasteiger partial charge is 0.318 e. The van der Waals surface area contributed by atoms with Crippen LogP contribution in [0.3, 0.4) is 0 Å². The highest BCUT2D eigenvalue weighted by atomic mass is 16.2. The Hall–Kier alpha value is -3.35. The van der Waals surface area contributed by atoms with Crippen LogP contribution in [0.5, 0.6) is 0 Å². The van der Waals surface area contributed by atoms with Crippen molar-refractivity contribution in [3.8, 4) is 0 Å². The maximum Gasteiger partial charge on any atom is 0.318 e. The molecule has 2 heterocycles. The Morgan fingerprint density at radius 2 is 1.91 bits per heavy atom. The van der Waals surface area contributed by atoms with Gasteiger partial charge in [0.25, 0.3) is 5.91 Å². The zero-order valence-electron chi connectivity index (χ0n) is 25.3. The van der Waals surface area contributed by atoms with E-state index in [4.69, 9.17) is 8.22 Å². The van der Waals surface area contributed by atoms with Gasteiger partial charge in [0.15, 0.2) is 0 Å². The van der Waals surface area contributed by atoms with E-state index in [-0.39, 0.29) is 30.3 Å². The molecule has 0 saturated carbocycles. The predicted molar refractivity (Wildman–Crippen MR) is 133 cm³/mol. The number of carbonyl (C=O) groups is 3. The molecule has 180 valence electrons. The quantitative estimate of drug-likeness (QED) is 0.743. The highest BCUT2D eigenvalue weighted by Crippen LogP contribution is 2.28. The predicted octanol–water partition coefficient (Wildman–Crippen LogP) is 3.74. The number of likely N-dealkylation sites (N-methyl/N-ethyl adjacent to an activating group) is 1. The van der Waals surface area contributed by atoms with Crippen molar-refractivity contribution in [1.29, 1.82) is 0 Å². The lowest BCUT2D eigenvalue weighted by Crippen LogP contribution is -2.49. The Bertz CT molecular complexity index is 1270. The van der Waals surface area contributed by atoms with Gasteiger partial charge >= 0.3 is 6.03 Å². The Labute approximate surface area is 210 Å². The van der Waals surface area contributed by atoms with Crippen molar-refractivity contribution in [3.63, 3.8) is 0 Å². The van der Waals surface area contributed by atoms with Crippen LogP contribution in [0.2, 0.25) is 0 Å². The summed E-state index contributed by atoms with van der Waals surface area (Å²) in [4.78, 5) is 42.3. The lowest BCUT2D eigenvalue weighted by molar-refractivity contribution is -0.132. The summed E-state index contributed by atoms with van der Waals surface area (Å²) < 4.78 is 45.1. The van der Waals surface area contributed by atoms with E-state index in [2.05, 4.69) is 11.4 Å². The van der Waals surface area contributed by atoms with Gasteiger partial charge in [0, 0.05) is 53.1 Å². The van der Waals surface area contributed by atoms with Gasteiger partial charge in [-0.1, -0.05) is 24.3 Å². The largest absolute Gasteiger partial charge is 0.347 e. The van der Waals surface area contributed by atoms with Gasteiger partial charge in [-0.25, -0.2) is 4.79 Å². The van der Waals surface area contributed by atoms with Crippen LogP contribution in [0.25, 0.3) is 0 Å². The number of urea groups is 1. The summed E-state index contributed by atoms with van der Waals surface area (Å²) >= 11 is 0. The normalized spacial score (nSPS) is 21.0. The van der Waals surface area contributed by atoms with Gasteiger partial charge in [0.1, 0.15) is 6.04 Å². The molecule has 2 aliphatic rings. The number of fused-ring (bicyclic) bond motifs is 1. The van der Waals surface area contributed by atoms with Crippen LogP contribution in [-0.4, -0.2) is 60.7 Å². The van der Waals surface area contributed by atoms with Gasteiger partial charge in [-0.15, -0.1) is 0 Å². The zero-order chi connectivity index (χ0) is 29.2. The average Bonchev–Trinajstić information content (AvgIpc) is 3.27. The second-order valence-electron chi connectivity index (χ2n) is 8.87. The number of carbonyl (C=O) groups excluding carboxylic acids is 3. The monoisotopic (exact) mass is 468 g/mol. The lowest BCUT2D eigenvalue weighted by Gasteiger charge is -2.26. The first-order valence-electron chi connectivity index (χ1n) is 14.7. The molecule has 7 heteroatoms. The van der Waals surface area contributed by atoms with Crippen molar-refractivity contribution < 1.29 is 22.6 Å². The molecule has 0 bridgehead atoms. The minimum absolute atomic E-state index is 0.0838. The summed E-state index contributed by atoms with van der Waals surface area (Å²) in [5, 5.41) is 2.76. The van der Waals surface area contributed by atoms with Gasteiger partial charge in [0.2, 0.25) is 5.91 Å². The number of rotatable bonds is 4. The number of benzene rings is 2. The number of likely N-dealkylation sites (tertiary alicyclic amines) is 1. The van der Waals surface area contributed by atoms with Crippen LogP contribution in [0, 0.1) is 6.92 Å². The third-order valence-corrected chi connectivity index (χ3v) is 6.64. The van der Waals surface area contributed by atoms with Crippen molar-refractivity contribution in [1.82, 2.24) is 15.1 Å². The first-order valence-corrected chi connectivity index (χ1v) is 11.7. The van der Waals surface area contributed by atoms with Crippen molar-refractivity contribution in [3.05, 3.63) is 64.7 Å². The highest BCUT2D eigenvalue weighted by molar-refractivity contribution is 6.06. The molecule has 4 amide bonds. The van der Waals surface area contributed by atoms with Crippen LogP contribution >= 0.6 is 0 Å². The summed E-state index contributed by atoms with van der Waals surface area (Å²) in [6.45, 7) is -3.53. The number of para-hydroxylation sites is 1. The first-order chi connectivity index (χ1) is 18.8. The molecule has 34 heavy (non-hydrogen) atoms. The fraction of sp³-hybridized carbons (Fsp3) is 0.444. The Kier molecular flexibility index (Phi) is 5.18. The number of nitrogens with one attached hydrogen (secondary N) is 1. The van der Waals surface area contributed by atoms with Crippen LogP contribution in [0.4, 0.5) is 10.5 Å². The van der Waals surface area contributed by atoms with Crippen LogP contribution in [0.15, 0.2) is 42.5 Å². The van der Waals surface area contributed by atoms with Crippen LogP contribution in [-0.2, 0) is 17.8 Å². The first kappa shape index (κ1) is 17.1. The molecule has 2 aliphatic heterocycles. The molecular weight excluding hydrogens is 428 g/mol. The molecule has 0 spiro atoms. The van der Waals surface area contributed by atoms with E-state index in [0.29, 0.717) is 18.5 Å². The Morgan fingerprint density at radius 1 is 1.09 bits per heavy atom. The third-order valence-electron chi connectivity index (χ3n) is 6.64. The lowest BCUT2D eigenvalue weighted by atomic mass is 10.0. The molecule has 1 saturated heterocycles. The minimum atomic E-state index is -3.17. The number of amides is 4. The van der Waals surface area contributed by atoms with E-state index < -0.39 is 31.9 Å². The van der Waals surface area contributed by atoms with E-state index in [0.717, 1.165) is 41.6 Å². The van der Waals surface area contributed by atoms with Crippen molar-refractivity contribution >= 4 is 23.5 Å². The number of hydrogen-bond donors (Lipinski definition) is 1. The Balaban J connectivity index is 1.44. The summed E-state index contributed by atoms with van der Waals surface area (Å²) in [7, 11) is 0. The number of anilines is 1. The molecule has 4 rings (SSSR count). The molecule has 1 fully saturated rings. The molecule has 1 N–H and O–H groups in total. The van der Waals surface area contributed by atoms with E-state index in [1.54, 1.807) is 18.2 Å². The summed E-state index contributed by atoms with van der Waals surface area (Å²) in [6.07, 6.45) is 3.48. The van der Waals surface area contributed by atoms with Gasteiger partial charge in [-0.05, 0) is 73.9 Å². The second kappa shape index (κ2) is 10.3. The topological polar surface area (TPSA) is 73.0 Å². The van der Waals surface area contributed by atoms with E-state index in [1.165, 1.54) is 4.90 Å². The fourth-order valence-electron chi connectivity index (χ4n) is 4.77. The van der Waals surface area contributed by atoms with E-state index in [9.17, 15) is 14.4 Å². The Morgan fingerprint density at radius 3 is 2.71 bits per heavy atom. The maximum absolute atomic E-state index is 13.4. The summed E-state index contributed by atoms with van der Waals surface area (Å²) in [5.74, 6) is -1.21. The van der Waals surface area contributed by atoms with Gasteiger partial charge in [-0.3, -0.25) is 9.59 Å². The standard InChI is InChI=1S/C27H34N4O3/c1-19-17-21(25(32)30-15-7-6-10-20-9-4-5-11-23(20)30)13-14-22(19)18-28-27(34)31-16-8-12-24(31)26(33)29(2)3/h4-5,9,11,13-14,17,24H,6-8,10,12,15-16,18H2,1-3H3,(H,28,34)/t24-/m0/s1/i2D3,3D3. The zero-order valence-corrected chi connectivity index (χ0v) is 19.3. The maximum atomic E-state index is 13.4. The molecular formula is C27H34N4O3. The minimum Gasteiger partial charge on any atom is -0.347 e. The number of aryl methyl sites for hydroxylation is 2. The molecule has 2 aromatic rings. The third kappa shape index (κ3) is 4.93. The average molecular weight is 469 g/mol. The molecule has 1 atom stereocenters. The molecule has 7 nitrogen and oxygen atoms in total. The van der Waals surface area contributed by atoms with E-state index >= 15 is 0 Å². The molecule has 0 aromatic heterocycles. The molecule has 2 aromatic carbocycles. The van der Waals surface area contributed by atoms with E-state index in [1.807, 2.05) is 30.0 Å². The fourth-order valence-corrected chi connectivity index (χ4v) is 4.77. The molecule has 0 unspecified atom stereocenters. The second-order valence-corrected chi connectivity index (χ2v) is 8.87. The SMILES string of the molecule is [2H]C([2H])([2H])N(C(=O)[C@@H]1CCCN1C(=O)NCc1ccc(C(=O)N2CCCCc3ccccc32)cc1C)C([2H])([2H])[2H]. The van der Waals surface area contributed by atoms with Crippen molar-refractivity contribution in [2.45, 2.75) is 51.6 Å². The van der Waals surface area contributed by atoms with Crippen molar-refractivity contribution in [2.75, 3.05) is 31.9 Å². The molecule has 0 aliphatic carbocycles. The van der Waals surface area contributed by atoms with Gasteiger partial charge in [0.05, 0.1) is 0 Å². The highest BCUT2D eigenvalue weighted by Gasteiger charge is 2.34. The van der Waals surface area contributed by atoms with Gasteiger partial charge < -0.3 is 20.0 Å². The summed E-state index contributed by atoms with van der Waals surface area (Å²) in [6, 6.07) is 11.5. The van der Waals surface area contributed by atoms with Crippen LogP contribution in [0.1, 0.15) is 61.0 Å². The number of hydrogen-bond acceptors (Lipinski definition) is 3. The van der Waals surface area contributed by atoms with Crippen molar-refractivity contribution in [2.24, 2.45) is 0 Å².